The fourth-order valence-electron chi connectivity index (χ4n) is 3.74. The van der Waals surface area contributed by atoms with Crippen molar-refractivity contribution in [3.8, 4) is 0 Å². The first-order chi connectivity index (χ1) is 12.9. The predicted molar refractivity (Wildman–Crippen MR) is 110 cm³/mol. The van der Waals surface area contributed by atoms with Crippen LogP contribution in [-0.2, 0) is 9.59 Å². The molecule has 4 N–H and O–H groups in total. The molecule has 0 bridgehead atoms. The van der Waals surface area contributed by atoms with Gasteiger partial charge in [-0.05, 0) is 49.8 Å². The highest BCUT2D eigenvalue weighted by molar-refractivity contribution is 7.22. The van der Waals surface area contributed by atoms with Gasteiger partial charge in [0.15, 0.2) is 5.13 Å². The molecule has 0 saturated heterocycles. The van der Waals surface area contributed by atoms with Crippen LogP contribution in [0.15, 0.2) is 18.2 Å². The summed E-state index contributed by atoms with van der Waals surface area (Å²) in [7, 11) is 0. The molecule has 0 radical (unpaired) electrons. The van der Waals surface area contributed by atoms with E-state index in [0.29, 0.717) is 18.1 Å². The van der Waals surface area contributed by atoms with Crippen LogP contribution in [0, 0.1) is 12.3 Å². The molecular formula is C20H28N4O2S. The molecule has 6 nitrogen and oxygen atoms in total. The predicted octanol–water partition coefficient (Wildman–Crippen LogP) is 3.35. The van der Waals surface area contributed by atoms with E-state index in [1.165, 1.54) is 23.3 Å². The molecule has 0 spiro atoms. The van der Waals surface area contributed by atoms with Gasteiger partial charge in [-0.15, -0.1) is 0 Å². The summed E-state index contributed by atoms with van der Waals surface area (Å²) in [6, 6.07) is 5.54. The number of nitrogens with zero attached hydrogens (tertiary/aromatic N) is 1. The minimum atomic E-state index is -0.536. The van der Waals surface area contributed by atoms with E-state index >= 15 is 0 Å². The number of aromatic nitrogens is 1. The second-order valence-corrected chi connectivity index (χ2v) is 8.81. The number of benzene rings is 1. The van der Waals surface area contributed by atoms with Crippen molar-refractivity contribution < 1.29 is 9.59 Å². The molecule has 0 aliphatic heterocycles. The molecule has 146 valence electrons. The molecule has 27 heavy (non-hydrogen) atoms. The first kappa shape index (κ1) is 19.8. The number of amides is 2. The van der Waals surface area contributed by atoms with E-state index in [0.717, 1.165) is 35.9 Å². The number of fused-ring (bicyclic) bond motifs is 1. The molecule has 1 aromatic heterocycles. The Bertz CT molecular complexity index is 824. The number of carbonyl (C=O) groups is 2. The molecule has 7 heteroatoms. The maximum Gasteiger partial charge on any atom is 0.236 e. The highest BCUT2D eigenvalue weighted by Crippen LogP contribution is 2.39. The largest absolute Gasteiger partial charge is 0.354 e. The van der Waals surface area contributed by atoms with Crippen molar-refractivity contribution in [2.75, 3.05) is 11.9 Å². The number of anilines is 1. The van der Waals surface area contributed by atoms with Crippen LogP contribution in [0.2, 0.25) is 0 Å². The monoisotopic (exact) mass is 388 g/mol. The average Bonchev–Trinajstić information content (AvgIpc) is 3.01. The molecule has 1 atom stereocenters. The highest BCUT2D eigenvalue weighted by Gasteiger charge is 2.35. The van der Waals surface area contributed by atoms with Crippen LogP contribution in [0.3, 0.4) is 0 Å². The minimum absolute atomic E-state index is 0.0391. The van der Waals surface area contributed by atoms with E-state index in [1.807, 2.05) is 19.1 Å². The van der Waals surface area contributed by atoms with Crippen molar-refractivity contribution in [2.24, 2.45) is 11.1 Å². The number of hydrogen-bond donors (Lipinski definition) is 3. The Balaban J connectivity index is 1.66. The fraction of sp³-hybridized carbons (Fsp3) is 0.550. The Labute approximate surface area is 163 Å². The highest BCUT2D eigenvalue weighted by atomic mass is 32.1. The van der Waals surface area contributed by atoms with Gasteiger partial charge in [-0.1, -0.05) is 36.7 Å². The Morgan fingerprint density at radius 1 is 1.30 bits per heavy atom. The van der Waals surface area contributed by atoms with E-state index in [2.05, 4.69) is 21.7 Å². The van der Waals surface area contributed by atoms with Crippen LogP contribution in [-0.4, -0.2) is 29.4 Å². The van der Waals surface area contributed by atoms with Crippen molar-refractivity contribution in [1.29, 1.82) is 0 Å². The molecule has 2 amide bonds. The van der Waals surface area contributed by atoms with Gasteiger partial charge in [-0.3, -0.25) is 9.59 Å². The normalized spacial score (nSPS) is 17.4. The van der Waals surface area contributed by atoms with E-state index in [1.54, 1.807) is 6.92 Å². The van der Waals surface area contributed by atoms with E-state index in [9.17, 15) is 9.59 Å². The lowest BCUT2D eigenvalue weighted by Gasteiger charge is -2.37. The topological polar surface area (TPSA) is 97.1 Å². The Hall–Kier alpha value is -1.99. The van der Waals surface area contributed by atoms with Crippen molar-refractivity contribution in [1.82, 2.24) is 10.3 Å². The van der Waals surface area contributed by atoms with E-state index in [4.69, 9.17) is 5.73 Å². The molecule has 1 aromatic carbocycles. The van der Waals surface area contributed by atoms with Crippen LogP contribution >= 0.6 is 11.3 Å². The van der Waals surface area contributed by atoms with Gasteiger partial charge >= 0.3 is 0 Å². The molecule has 1 heterocycles. The Kier molecular flexibility index (Phi) is 6.11. The summed E-state index contributed by atoms with van der Waals surface area (Å²) in [4.78, 5) is 29.1. The smallest absolute Gasteiger partial charge is 0.236 e. The molecule has 2 aromatic rings. The van der Waals surface area contributed by atoms with Crippen LogP contribution in [0.1, 0.15) is 51.0 Å². The summed E-state index contributed by atoms with van der Waals surface area (Å²) < 4.78 is 1.07. The van der Waals surface area contributed by atoms with Gasteiger partial charge in [0.2, 0.25) is 11.8 Å². The summed E-state index contributed by atoms with van der Waals surface area (Å²) in [6.07, 6.45) is 5.63. The zero-order valence-corrected chi connectivity index (χ0v) is 16.8. The first-order valence-electron chi connectivity index (χ1n) is 9.57. The maximum absolute atomic E-state index is 12.7. The summed E-state index contributed by atoms with van der Waals surface area (Å²) in [5, 5.41) is 6.53. The Morgan fingerprint density at radius 2 is 2.04 bits per heavy atom. The van der Waals surface area contributed by atoms with Gasteiger partial charge < -0.3 is 16.4 Å². The number of hydrogen-bond acceptors (Lipinski definition) is 5. The van der Waals surface area contributed by atoms with Crippen LogP contribution in [0.4, 0.5) is 5.13 Å². The first-order valence-corrected chi connectivity index (χ1v) is 10.4. The summed E-state index contributed by atoms with van der Waals surface area (Å²) >= 11 is 1.49. The molecule has 1 fully saturated rings. The third-order valence-electron chi connectivity index (χ3n) is 5.29. The van der Waals surface area contributed by atoms with Crippen LogP contribution < -0.4 is 16.4 Å². The van der Waals surface area contributed by atoms with Crippen LogP contribution in [0.25, 0.3) is 10.2 Å². The Morgan fingerprint density at radius 3 is 2.74 bits per heavy atom. The van der Waals surface area contributed by atoms with Crippen LogP contribution in [0.5, 0.6) is 0 Å². The van der Waals surface area contributed by atoms with Gasteiger partial charge in [0, 0.05) is 13.0 Å². The van der Waals surface area contributed by atoms with Crippen molar-refractivity contribution >= 4 is 38.5 Å². The van der Waals surface area contributed by atoms with Crippen molar-refractivity contribution in [3.63, 3.8) is 0 Å². The average molecular weight is 389 g/mol. The van der Waals surface area contributed by atoms with Crippen molar-refractivity contribution in [2.45, 2.75) is 58.4 Å². The van der Waals surface area contributed by atoms with Gasteiger partial charge in [0.25, 0.3) is 0 Å². The molecule has 1 aliphatic rings. The van der Waals surface area contributed by atoms with E-state index in [-0.39, 0.29) is 17.2 Å². The molecular weight excluding hydrogens is 360 g/mol. The third kappa shape index (κ3) is 5.05. The standard InChI is InChI=1S/C20H28N4O2S/c1-13-6-7-15-16(10-13)27-19(23-15)24-17(25)11-20(8-4-3-5-9-20)12-22-18(26)14(2)21/h6-7,10,14H,3-5,8-9,11-12,21H2,1-2H3,(H,22,26)(H,23,24,25)/t14-/m0/s1. The van der Waals surface area contributed by atoms with Gasteiger partial charge in [0.05, 0.1) is 16.3 Å². The molecule has 3 rings (SSSR count). The number of nitrogens with two attached hydrogens (primary N) is 1. The SMILES string of the molecule is Cc1ccc2nc(NC(=O)CC3(CNC(=O)[C@H](C)N)CCCCC3)sc2c1. The second-order valence-electron chi connectivity index (χ2n) is 7.78. The minimum Gasteiger partial charge on any atom is -0.354 e. The lowest BCUT2D eigenvalue weighted by atomic mass is 9.71. The van der Waals surface area contributed by atoms with Gasteiger partial charge in [-0.2, -0.15) is 0 Å². The number of carbonyl (C=O) groups excluding carboxylic acids is 2. The summed E-state index contributed by atoms with van der Waals surface area (Å²) in [5.74, 6) is -0.204. The third-order valence-corrected chi connectivity index (χ3v) is 6.22. The number of nitrogens with one attached hydrogen (secondary N) is 2. The maximum atomic E-state index is 12.7. The summed E-state index contributed by atoms with van der Waals surface area (Å²) in [5.41, 5.74) is 7.53. The lowest BCUT2D eigenvalue weighted by molar-refractivity contribution is -0.124. The quantitative estimate of drug-likeness (QED) is 0.707. The van der Waals surface area contributed by atoms with Gasteiger partial charge in [0.1, 0.15) is 0 Å². The molecule has 0 unspecified atom stereocenters. The zero-order chi connectivity index (χ0) is 19.4. The fourth-order valence-corrected chi connectivity index (χ4v) is 4.72. The zero-order valence-electron chi connectivity index (χ0n) is 16.0. The lowest BCUT2D eigenvalue weighted by Crippen LogP contribution is -2.46. The number of thiazole rings is 1. The van der Waals surface area contributed by atoms with Crippen molar-refractivity contribution in [3.05, 3.63) is 23.8 Å². The molecule has 1 saturated carbocycles. The number of rotatable bonds is 6. The van der Waals surface area contributed by atoms with E-state index < -0.39 is 6.04 Å². The van der Waals surface area contributed by atoms with Gasteiger partial charge in [-0.25, -0.2) is 4.98 Å². The second kappa shape index (κ2) is 8.35. The summed E-state index contributed by atoms with van der Waals surface area (Å²) in [6.45, 7) is 4.21. The molecule has 1 aliphatic carbocycles. The number of aryl methyl sites for hydroxylation is 1.